The van der Waals surface area contributed by atoms with Gasteiger partial charge in [0.25, 0.3) is 0 Å². The van der Waals surface area contributed by atoms with E-state index in [2.05, 4.69) is 0 Å². The van der Waals surface area contributed by atoms with E-state index >= 15 is 0 Å². The van der Waals surface area contributed by atoms with Gasteiger partial charge in [-0.1, -0.05) is 12.1 Å². The lowest BCUT2D eigenvalue weighted by Crippen LogP contribution is -2.08. The van der Waals surface area contributed by atoms with Gasteiger partial charge in [0.15, 0.2) is 5.90 Å². The molecule has 0 saturated heterocycles. The van der Waals surface area contributed by atoms with Crippen molar-refractivity contribution in [2.75, 3.05) is 0 Å². The van der Waals surface area contributed by atoms with Crippen molar-refractivity contribution in [2.45, 2.75) is 6.92 Å². The normalized spacial score (nSPS) is 9.21. The van der Waals surface area contributed by atoms with Gasteiger partial charge in [-0.05, 0) is 12.1 Å². The summed E-state index contributed by atoms with van der Waals surface area (Å²) >= 11 is 0. The Bertz CT molecular complexity index is 368. The number of nitrogens with one attached hydrogen (secondary N) is 2. The highest BCUT2D eigenvalue weighted by atomic mass is 16.5. The zero-order valence-electron chi connectivity index (χ0n) is 7.70. The topological polar surface area (TPSA) is 74.0 Å². The fourth-order valence-corrected chi connectivity index (χ4v) is 0.925. The van der Waals surface area contributed by atoms with Crippen LogP contribution in [0, 0.1) is 10.8 Å². The van der Waals surface area contributed by atoms with Gasteiger partial charge >= 0.3 is 0 Å². The third-order valence-electron chi connectivity index (χ3n) is 1.56. The molecule has 72 valence electrons. The molecular weight excluding hydrogens is 180 g/mol. The quantitative estimate of drug-likeness (QED) is 0.424. The van der Waals surface area contributed by atoms with Gasteiger partial charge in [-0.25, -0.2) is 0 Å². The molecule has 2 N–H and O–H groups in total. The molecule has 4 heteroatoms. The van der Waals surface area contributed by atoms with Crippen molar-refractivity contribution in [1.82, 2.24) is 0 Å². The number of hydrogen-bond acceptors (Lipinski definition) is 4. The average Bonchev–Trinajstić information content (AvgIpc) is 2.17. The van der Waals surface area contributed by atoms with E-state index in [1.807, 2.05) is 0 Å². The number of benzene rings is 1. The van der Waals surface area contributed by atoms with Crippen molar-refractivity contribution in [1.29, 1.82) is 10.8 Å². The lowest BCUT2D eigenvalue weighted by atomic mass is 10.1. The first-order valence-corrected chi connectivity index (χ1v) is 4.00. The van der Waals surface area contributed by atoms with Gasteiger partial charge in [0.2, 0.25) is 5.90 Å². The summed E-state index contributed by atoms with van der Waals surface area (Å²) in [7, 11) is 0. The molecule has 0 bridgehead atoms. The largest absolute Gasteiger partial charge is 0.426 e. The molecule has 0 aliphatic heterocycles. The van der Waals surface area contributed by atoms with Crippen LogP contribution in [0.4, 0.5) is 0 Å². The number of hydrogen-bond donors (Lipinski definition) is 2. The fourth-order valence-electron chi connectivity index (χ4n) is 0.925. The van der Waals surface area contributed by atoms with Crippen LogP contribution >= 0.6 is 0 Å². The Hall–Kier alpha value is -1.97. The summed E-state index contributed by atoms with van der Waals surface area (Å²) in [6.07, 6.45) is 0.732. The van der Waals surface area contributed by atoms with Crippen molar-refractivity contribution in [2.24, 2.45) is 0 Å². The molecule has 0 fully saturated rings. The molecule has 0 aliphatic carbocycles. The first-order chi connectivity index (χ1) is 6.63. The maximum atomic E-state index is 10.3. The molecule has 0 atom stereocenters. The van der Waals surface area contributed by atoms with Crippen LogP contribution in [0.15, 0.2) is 24.3 Å². The molecule has 1 aromatic carbocycles. The Balaban J connectivity index is 2.81. The summed E-state index contributed by atoms with van der Waals surface area (Å²) in [5.74, 6) is -0.121. The molecule has 0 heterocycles. The molecule has 1 aromatic rings. The molecule has 0 amide bonds. The summed E-state index contributed by atoms with van der Waals surface area (Å²) in [4.78, 5) is 10.3. The van der Waals surface area contributed by atoms with Gasteiger partial charge in [-0.2, -0.15) is 0 Å². The first kappa shape index (κ1) is 10.1. The Morgan fingerprint density at radius 1 is 1.29 bits per heavy atom. The lowest BCUT2D eigenvalue weighted by molar-refractivity contribution is 0.112. The van der Waals surface area contributed by atoms with Crippen molar-refractivity contribution in [3.05, 3.63) is 35.4 Å². The zero-order valence-corrected chi connectivity index (χ0v) is 7.70. The van der Waals surface area contributed by atoms with E-state index < -0.39 is 0 Å². The van der Waals surface area contributed by atoms with Crippen LogP contribution in [0.5, 0.6) is 0 Å². The zero-order chi connectivity index (χ0) is 10.6. The van der Waals surface area contributed by atoms with Gasteiger partial charge < -0.3 is 4.74 Å². The smallest absolute Gasteiger partial charge is 0.220 e. The highest BCUT2D eigenvalue weighted by Gasteiger charge is 2.03. The third-order valence-corrected chi connectivity index (χ3v) is 1.56. The van der Waals surface area contributed by atoms with Crippen LogP contribution in [0.3, 0.4) is 0 Å². The SMILES string of the molecule is CC(=N)OC(=N)c1ccc(C=O)cc1. The molecule has 0 radical (unpaired) electrons. The molecule has 4 nitrogen and oxygen atoms in total. The third kappa shape index (κ3) is 2.52. The number of aldehydes is 1. The van der Waals surface area contributed by atoms with E-state index in [1.165, 1.54) is 6.92 Å². The van der Waals surface area contributed by atoms with Crippen molar-refractivity contribution < 1.29 is 9.53 Å². The highest BCUT2D eigenvalue weighted by Crippen LogP contribution is 2.04. The molecular formula is C10H10N2O2. The van der Waals surface area contributed by atoms with E-state index in [0.29, 0.717) is 11.1 Å². The highest BCUT2D eigenvalue weighted by molar-refractivity contribution is 5.98. The van der Waals surface area contributed by atoms with E-state index in [4.69, 9.17) is 15.6 Å². The fraction of sp³-hybridized carbons (Fsp3) is 0.100. The minimum atomic E-state index is -0.0880. The number of carbonyl (C=O) groups excluding carboxylic acids is 1. The van der Waals surface area contributed by atoms with Crippen molar-refractivity contribution in [3.63, 3.8) is 0 Å². The second kappa shape index (κ2) is 4.32. The van der Waals surface area contributed by atoms with E-state index in [9.17, 15) is 4.79 Å². The van der Waals surface area contributed by atoms with Gasteiger partial charge in [-0.3, -0.25) is 15.6 Å². The predicted molar refractivity (Wildman–Crippen MR) is 53.1 cm³/mol. The monoisotopic (exact) mass is 190 g/mol. The first-order valence-electron chi connectivity index (χ1n) is 4.00. The van der Waals surface area contributed by atoms with Crippen molar-refractivity contribution >= 4 is 18.1 Å². The van der Waals surface area contributed by atoms with Gasteiger partial charge in [0, 0.05) is 18.1 Å². The lowest BCUT2D eigenvalue weighted by Gasteiger charge is -2.04. The Morgan fingerprint density at radius 2 is 1.86 bits per heavy atom. The molecule has 0 aromatic heterocycles. The molecule has 14 heavy (non-hydrogen) atoms. The molecule has 0 saturated carbocycles. The molecule has 0 aliphatic rings. The minimum Gasteiger partial charge on any atom is -0.426 e. The average molecular weight is 190 g/mol. The summed E-state index contributed by atoms with van der Waals surface area (Å²) in [6, 6.07) is 6.41. The second-order valence-corrected chi connectivity index (χ2v) is 2.73. The van der Waals surface area contributed by atoms with Crippen LogP contribution in [0.25, 0.3) is 0 Å². The maximum absolute atomic E-state index is 10.3. The Kier molecular flexibility index (Phi) is 3.12. The number of rotatable bonds is 2. The molecule has 0 spiro atoms. The van der Waals surface area contributed by atoms with Crippen LogP contribution in [0.1, 0.15) is 22.8 Å². The standard InChI is InChI=1S/C10H10N2O2/c1-7(11)14-10(12)9-4-2-8(6-13)3-5-9/h2-6,11-12H,1H3. The van der Waals surface area contributed by atoms with Crippen LogP contribution in [-0.4, -0.2) is 18.1 Å². The Labute approximate surface area is 81.5 Å². The maximum Gasteiger partial charge on any atom is 0.220 e. The number of carbonyl (C=O) groups is 1. The van der Waals surface area contributed by atoms with Crippen LogP contribution in [0.2, 0.25) is 0 Å². The van der Waals surface area contributed by atoms with Crippen molar-refractivity contribution in [3.8, 4) is 0 Å². The predicted octanol–water partition coefficient (Wildman–Crippen LogP) is 1.84. The molecule has 0 unspecified atom stereocenters. The summed E-state index contributed by atoms with van der Waals surface area (Å²) in [5, 5.41) is 14.5. The van der Waals surface area contributed by atoms with Crippen LogP contribution < -0.4 is 0 Å². The summed E-state index contributed by atoms with van der Waals surface area (Å²) in [5.41, 5.74) is 1.09. The Morgan fingerprint density at radius 3 is 2.29 bits per heavy atom. The summed E-state index contributed by atoms with van der Waals surface area (Å²) < 4.78 is 4.79. The van der Waals surface area contributed by atoms with E-state index in [0.717, 1.165) is 6.29 Å². The van der Waals surface area contributed by atoms with Gasteiger partial charge in [-0.15, -0.1) is 0 Å². The van der Waals surface area contributed by atoms with Gasteiger partial charge in [0.1, 0.15) is 6.29 Å². The van der Waals surface area contributed by atoms with Crippen LogP contribution in [-0.2, 0) is 4.74 Å². The summed E-state index contributed by atoms with van der Waals surface area (Å²) in [6.45, 7) is 1.45. The van der Waals surface area contributed by atoms with E-state index in [-0.39, 0.29) is 11.8 Å². The minimum absolute atomic E-state index is 0.0329. The molecule has 1 rings (SSSR count). The second-order valence-electron chi connectivity index (χ2n) is 2.73. The van der Waals surface area contributed by atoms with Gasteiger partial charge in [0.05, 0.1) is 0 Å². The van der Waals surface area contributed by atoms with E-state index in [1.54, 1.807) is 24.3 Å². The number of ether oxygens (including phenoxy) is 1.